The zero-order valence-electron chi connectivity index (χ0n) is 14.4. The summed E-state index contributed by atoms with van der Waals surface area (Å²) in [5.41, 5.74) is 2.92. The van der Waals surface area contributed by atoms with Crippen LogP contribution in [0.2, 0.25) is 0 Å². The third-order valence-corrected chi connectivity index (χ3v) is 4.60. The summed E-state index contributed by atoms with van der Waals surface area (Å²) in [6.45, 7) is 6.70. The van der Waals surface area contributed by atoms with Crippen molar-refractivity contribution < 1.29 is 9.52 Å². The van der Waals surface area contributed by atoms with E-state index in [2.05, 4.69) is 26.8 Å². The number of hydrogen-bond donors (Lipinski definition) is 1. The first-order valence-corrected chi connectivity index (χ1v) is 8.67. The van der Waals surface area contributed by atoms with Gasteiger partial charge in [0.25, 0.3) is 6.01 Å². The molecule has 1 atom stereocenters. The maximum absolute atomic E-state index is 10.2. The molecule has 0 aliphatic carbocycles. The molecule has 25 heavy (non-hydrogen) atoms. The van der Waals surface area contributed by atoms with E-state index in [0.29, 0.717) is 19.1 Å². The fourth-order valence-electron chi connectivity index (χ4n) is 3.26. The largest absolute Gasteiger partial charge is 0.423 e. The van der Waals surface area contributed by atoms with Crippen molar-refractivity contribution in [3.05, 3.63) is 42.2 Å². The van der Waals surface area contributed by atoms with Crippen molar-refractivity contribution in [1.29, 1.82) is 0 Å². The van der Waals surface area contributed by atoms with Crippen molar-refractivity contribution in [3.63, 3.8) is 0 Å². The number of rotatable bonds is 5. The van der Waals surface area contributed by atoms with Gasteiger partial charge in [-0.05, 0) is 30.7 Å². The van der Waals surface area contributed by atoms with E-state index in [0.717, 1.165) is 37.3 Å². The molecule has 7 nitrogen and oxygen atoms in total. The second-order valence-corrected chi connectivity index (χ2v) is 6.64. The lowest BCUT2D eigenvalue weighted by Gasteiger charge is -2.34. The summed E-state index contributed by atoms with van der Waals surface area (Å²) in [6.07, 6.45) is 3.18. The van der Waals surface area contributed by atoms with E-state index in [1.807, 2.05) is 30.5 Å². The molecule has 1 aromatic carbocycles. The molecule has 4 rings (SSSR count). The lowest BCUT2D eigenvalue weighted by Crippen LogP contribution is -2.49. The van der Waals surface area contributed by atoms with Crippen molar-refractivity contribution in [2.45, 2.75) is 19.6 Å². The van der Waals surface area contributed by atoms with Gasteiger partial charge in [0.05, 0.1) is 12.6 Å². The van der Waals surface area contributed by atoms with Crippen molar-refractivity contribution in [1.82, 2.24) is 19.7 Å². The van der Waals surface area contributed by atoms with E-state index in [9.17, 15) is 5.11 Å². The number of aliphatic hydroxyl groups excluding tert-OH is 1. The normalized spacial score (nSPS) is 17.3. The summed E-state index contributed by atoms with van der Waals surface area (Å²) in [5, 5.41) is 14.4. The summed E-state index contributed by atoms with van der Waals surface area (Å²) < 4.78 is 7.65. The van der Waals surface area contributed by atoms with E-state index in [1.54, 1.807) is 10.9 Å². The average Bonchev–Trinajstić information content (AvgIpc) is 3.24. The van der Waals surface area contributed by atoms with Gasteiger partial charge in [0.1, 0.15) is 5.52 Å². The van der Waals surface area contributed by atoms with E-state index in [4.69, 9.17) is 4.42 Å². The second kappa shape index (κ2) is 6.85. The van der Waals surface area contributed by atoms with Crippen LogP contribution in [0.25, 0.3) is 11.1 Å². The first kappa shape index (κ1) is 16.1. The Balaban J connectivity index is 1.32. The van der Waals surface area contributed by atoms with Gasteiger partial charge in [-0.25, -0.2) is 0 Å². The number of aryl methyl sites for hydroxylation is 1. The molecule has 1 aliphatic heterocycles. The van der Waals surface area contributed by atoms with Gasteiger partial charge < -0.3 is 14.4 Å². The highest BCUT2D eigenvalue weighted by Gasteiger charge is 2.22. The predicted octanol–water partition coefficient (Wildman–Crippen LogP) is 1.52. The van der Waals surface area contributed by atoms with Crippen molar-refractivity contribution in [2.75, 3.05) is 37.6 Å². The van der Waals surface area contributed by atoms with Crippen LogP contribution in [0.3, 0.4) is 0 Å². The number of anilines is 1. The van der Waals surface area contributed by atoms with E-state index in [-0.39, 0.29) is 0 Å². The van der Waals surface area contributed by atoms with Gasteiger partial charge >= 0.3 is 0 Å². The van der Waals surface area contributed by atoms with Crippen LogP contribution in [0.5, 0.6) is 0 Å². The third-order valence-electron chi connectivity index (χ3n) is 4.60. The molecule has 0 saturated carbocycles. The van der Waals surface area contributed by atoms with Crippen molar-refractivity contribution >= 4 is 17.1 Å². The molecule has 1 N–H and O–H groups in total. The molecule has 1 fully saturated rings. The number of oxazole rings is 1. The molecule has 0 spiro atoms. The van der Waals surface area contributed by atoms with Crippen molar-refractivity contribution in [2.24, 2.45) is 0 Å². The molecule has 0 amide bonds. The fraction of sp³-hybridized carbons (Fsp3) is 0.444. The highest BCUT2D eigenvalue weighted by molar-refractivity contribution is 5.75. The fourth-order valence-corrected chi connectivity index (χ4v) is 3.26. The van der Waals surface area contributed by atoms with Gasteiger partial charge in [-0.1, -0.05) is 6.07 Å². The quantitative estimate of drug-likeness (QED) is 0.759. The summed E-state index contributed by atoms with van der Waals surface area (Å²) in [7, 11) is 0. The van der Waals surface area contributed by atoms with Gasteiger partial charge in [0, 0.05) is 45.1 Å². The molecule has 0 unspecified atom stereocenters. The first-order valence-electron chi connectivity index (χ1n) is 8.67. The van der Waals surface area contributed by atoms with Crippen LogP contribution in [-0.2, 0) is 6.54 Å². The number of aliphatic hydroxyl groups is 1. The van der Waals surface area contributed by atoms with Crippen LogP contribution >= 0.6 is 0 Å². The van der Waals surface area contributed by atoms with Gasteiger partial charge in [0.15, 0.2) is 5.58 Å². The van der Waals surface area contributed by atoms with Crippen LogP contribution in [0, 0.1) is 6.92 Å². The Morgan fingerprint density at radius 1 is 1.20 bits per heavy atom. The molecule has 2 aromatic heterocycles. The van der Waals surface area contributed by atoms with Crippen molar-refractivity contribution in [3.8, 4) is 0 Å². The zero-order valence-corrected chi connectivity index (χ0v) is 14.4. The first-order chi connectivity index (χ1) is 12.2. The predicted molar refractivity (Wildman–Crippen MR) is 95.6 cm³/mol. The second-order valence-electron chi connectivity index (χ2n) is 6.64. The highest BCUT2D eigenvalue weighted by atomic mass is 16.4. The van der Waals surface area contributed by atoms with Crippen LogP contribution in [0.15, 0.2) is 41.1 Å². The number of fused-ring (bicyclic) bond motifs is 1. The Hall–Kier alpha value is -2.38. The molecule has 132 valence electrons. The lowest BCUT2D eigenvalue weighted by molar-refractivity contribution is 0.0916. The number of benzene rings is 1. The number of piperazine rings is 1. The van der Waals surface area contributed by atoms with Gasteiger partial charge in [-0.3, -0.25) is 9.58 Å². The zero-order chi connectivity index (χ0) is 17.2. The van der Waals surface area contributed by atoms with Crippen LogP contribution in [0.4, 0.5) is 6.01 Å². The van der Waals surface area contributed by atoms with E-state index >= 15 is 0 Å². The van der Waals surface area contributed by atoms with Crippen LogP contribution < -0.4 is 4.90 Å². The molecule has 1 saturated heterocycles. The van der Waals surface area contributed by atoms with Gasteiger partial charge in [0.2, 0.25) is 0 Å². The van der Waals surface area contributed by atoms with E-state index < -0.39 is 6.10 Å². The Bertz CT molecular complexity index is 821. The summed E-state index contributed by atoms with van der Waals surface area (Å²) in [6, 6.07) is 8.62. The number of β-amino-alcohol motifs (C(OH)–C–C–N with tert-alkyl or cyclic N) is 1. The Morgan fingerprint density at radius 3 is 2.80 bits per heavy atom. The third kappa shape index (κ3) is 3.67. The van der Waals surface area contributed by atoms with Crippen LogP contribution in [-0.4, -0.2) is 63.6 Å². The summed E-state index contributed by atoms with van der Waals surface area (Å²) in [5.74, 6) is 0. The molecule has 3 heterocycles. The standard InChI is InChI=1S/C18H23N5O2/c1-14-3-4-17-16(11-14)20-18(25-17)22-9-7-21(8-10-22)12-15(24)13-23-6-2-5-19-23/h2-6,11,15,24H,7-10,12-13H2,1H3/t15-/m0/s1. The summed E-state index contributed by atoms with van der Waals surface area (Å²) >= 11 is 0. The number of hydrogen-bond acceptors (Lipinski definition) is 6. The van der Waals surface area contributed by atoms with Crippen LogP contribution in [0.1, 0.15) is 5.56 Å². The minimum absolute atomic E-state index is 0.418. The maximum atomic E-state index is 10.2. The number of nitrogens with zero attached hydrogens (tertiary/aromatic N) is 5. The molecule has 1 aliphatic rings. The highest BCUT2D eigenvalue weighted by Crippen LogP contribution is 2.23. The van der Waals surface area contributed by atoms with Gasteiger partial charge in [-0.15, -0.1) is 0 Å². The summed E-state index contributed by atoms with van der Waals surface area (Å²) in [4.78, 5) is 9.06. The number of aromatic nitrogens is 3. The minimum atomic E-state index is -0.418. The topological polar surface area (TPSA) is 70.6 Å². The van der Waals surface area contributed by atoms with Gasteiger partial charge in [-0.2, -0.15) is 10.1 Å². The SMILES string of the molecule is Cc1ccc2oc(N3CCN(C[C@H](O)Cn4cccn4)CC3)nc2c1. The van der Waals surface area contributed by atoms with E-state index in [1.165, 1.54) is 5.56 Å². The Kier molecular flexibility index (Phi) is 4.42. The Labute approximate surface area is 146 Å². The molecule has 0 radical (unpaired) electrons. The molecule has 3 aromatic rings. The minimum Gasteiger partial charge on any atom is -0.423 e. The maximum Gasteiger partial charge on any atom is 0.298 e. The molecule has 0 bridgehead atoms. The lowest BCUT2D eigenvalue weighted by atomic mass is 10.2. The average molecular weight is 341 g/mol. The monoisotopic (exact) mass is 341 g/mol. The molecular weight excluding hydrogens is 318 g/mol. The molecular formula is C18H23N5O2. The Morgan fingerprint density at radius 2 is 2.04 bits per heavy atom. The molecule has 7 heteroatoms. The smallest absolute Gasteiger partial charge is 0.298 e.